The zero-order valence-electron chi connectivity index (χ0n) is 8.90. The lowest BCUT2D eigenvalue weighted by molar-refractivity contribution is 0.418. The number of aromatic hydroxyl groups is 2. The van der Waals surface area contributed by atoms with Gasteiger partial charge in [0.1, 0.15) is 11.5 Å². The molecular formula is C11H18N2O2. The maximum atomic E-state index is 9.59. The SMILES string of the molecule is CC(NCCCN)c1c(O)cccc1O. The number of nitrogens with one attached hydrogen (secondary N) is 1. The normalized spacial score (nSPS) is 12.7. The van der Waals surface area contributed by atoms with E-state index in [1.807, 2.05) is 6.92 Å². The first kappa shape index (κ1) is 11.8. The summed E-state index contributed by atoms with van der Waals surface area (Å²) in [6.45, 7) is 3.29. The highest BCUT2D eigenvalue weighted by Crippen LogP contribution is 2.31. The maximum absolute atomic E-state index is 9.59. The molecule has 1 atom stereocenters. The van der Waals surface area contributed by atoms with Crippen molar-refractivity contribution in [3.05, 3.63) is 23.8 Å². The maximum Gasteiger partial charge on any atom is 0.124 e. The van der Waals surface area contributed by atoms with Crippen molar-refractivity contribution >= 4 is 0 Å². The van der Waals surface area contributed by atoms with Gasteiger partial charge in [0.25, 0.3) is 0 Å². The lowest BCUT2D eigenvalue weighted by Crippen LogP contribution is -2.22. The first-order valence-corrected chi connectivity index (χ1v) is 5.11. The van der Waals surface area contributed by atoms with Gasteiger partial charge in [-0.2, -0.15) is 0 Å². The monoisotopic (exact) mass is 210 g/mol. The van der Waals surface area contributed by atoms with Crippen LogP contribution in [0.4, 0.5) is 0 Å². The standard InChI is InChI=1S/C11H18N2O2/c1-8(13-7-3-6-12)11-9(14)4-2-5-10(11)15/h2,4-5,8,13-15H,3,6-7,12H2,1H3. The molecule has 0 saturated carbocycles. The summed E-state index contributed by atoms with van der Waals surface area (Å²) < 4.78 is 0. The van der Waals surface area contributed by atoms with Gasteiger partial charge in [-0.3, -0.25) is 0 Å². The van der Waals surface area contributed by atoms with E-state index in [1.54, 1.807) is 18.2 Å². The Morgan fingerprint density at radius 1 is 1.33 bits per heavy atom. The largest absolute Gasteiger partial charge is 0.507 e. The Bertz CT molecular complexity index is 295. The molecule has 4 heteroatoms. The third-order valence-electron chi connectivity index (χ3n) is 2.32. The summed E-state index contributed by atoms with van der Waals surface area (Å²) in [7, 11) is 0. The number of rotatable bonds is 5. The molecule has 4 nitrogen and oxygen atoms in total. The van der Waals surface area contributed by atoms with Crippen molar-refractivity contribution in [2.75, 3.05) is 13.1 Å². The molecule has 0 aliphatic carbocycles. The summed E-state index contributed by atoms with van der Waals surface area (Å²) in [5, 5.41) is 22.4. The van der Waals surface area contributed by atoms with Gasteiger partial charge in [0, 0.05) is 6.04 Å². The molecule has 1 aromatic rings. The molecule has 0 spiro atoms. The topological polar surface area (TPSA) is 78.5 Å². The van der Waals surface area contributed by atoms with Crippen LogP contribution in [0.1, 0.15) is 24.9 Å². The van der Waals surface area contributed by atoms with Crippen LogP contribution >= 0.6 is 0 Å². The van der Waals surface area contributed by atoms with Crippen molar-refractivity contribution in [3.8, 4) is 11.5 Å². The van der Waals surface area contributed by atoms with E-state index in [4.69, 9.17) is 5.73 Å². The molecule has 0 aliphatic rings. The lowest BCUT2D eigenvalue weighted by atomic mass is 10.1. The number of phenols is 2. The number of hydrogen-bond donors (Lipinski definition) is 4. The molecule has 5 N–H and O–H groups in total. The van der Waals surface area contributed by atoms with Gasteiger partial charge in [0.05, 0.1) is 5.56 Å². The van der Waals surface area contributed by atoms with E-state index < -0.39 is 0 Å². The highest BCUT2D eigenvalue weighted by atomic mass is 16.3. The average Bonchev–Trinajstić information content (AvgIpc) is 2.18. The van der Waals surface area contributed by atoms with Crippen molar-refractivity contribution in [1.29, 1.82) is 0 Å². The predicted octanol–water partition coefficient (Wildman–Crippen LogP) is 1.10. The smallest absolute Gasteiger partial charge is 0.124 e. The van der Waals surface area contributed by atoms with E-state index in [9.17, 15) is 10.2 Å². The fourth-order valence-electron chi connectivity index (χ4n) is 1.51. The van der Waals surface area contributed by atoms with Crippen LogP contribution in [0.25, 0.3) is 0 Å². The molecule has 0 aliphatic heterocycles. The van der Waals surface area contributed by atoms with Gasteiger partial charge >= 0.3 is 0 Å². The van der Waals surface area contributed by atoms with Crippen LogP contribution in [0.5, 0.6) is 11.5 Å². The first-order chi connectivity index (χ1) is 7.16. The van der Waals surface area contributed by atoms with Crippen LogP contribution in [0, 0.1) is 0 Å². The van der Waals surface area contributed by atoms with E-state index in [2.05, 4.69) is 5.32 Å². The second kappa shape index (κ2) is 5.58. The van der Waals surface area contributed by atoms with E-state index in [0.29, 0.717) is 12.1 Å². The Labute approximate surface area is 89.7 Å². The highest BCUT2D eigenvalue weighted by molar-refractivity contribution is 5.44. The molecule has 15 heavy (non-hydrogen) atoms. The Balaban J connectivity index is 2.68. The minimum atomic E-state index is -0.0854. The van der Waals surface area contributed by atoms with Crippen molar-refractivity contribution in [1.82, 2.24) is 5.32 Å². The van der Waals surface area contributed by atoms with Crippen LogP contribution in [-0.4, -0.2) is 23.3 Å². The van der Waals surface area contributed by atoms with E-state index in [1.165, 1.54) is 0 Å². The fourth-order valence-corrected chi connectivity index (χ4v) is 1.51. The quantitative estimate of drug-likeness (QED) is 0.549. The second-order valence-corrected chi connectivity index (χ2v) is 3.53. The summed E-state index contributed by atoms with van der Waals surface area (Å²) in [5.74, 6) is 0.227. The van der Waals surface area contributed by atoms with Gasteiger partial charge in [-0.15, -0.1) is 0 Å². The van der Waals surface area contributed by atoms with Crippen molar-refractivity contribution in [3.63, 3.8) is 0 Å². The molecular weight excluding hydrogens is 192 g/mol. The van der Waals surface area contributed by atoms with Crippen LogP contribution < -0.4 is 11.1 Å². The van der Waals surface area contributed by atoms with Gasteiger partial charge < -0.3 is 21.3 Å². The number of phenolic OH excluding ortho intramolecular Hbond substituents is 2. The van der Waals surface area contributed by atoms with Gasteiger partial charge in [-0.05, 0) is 38.6 Å². The Morgan fingerprint density at radius 2 is 1.93 bits per heavy atom. The number of nitrogens with two attached hydrogens (primary N) is 1. The number of benzene rings is 1. The predicted molar refractivity (Wildman–Crippen MR) is 59.9 cm³/mol. The third-order valence-corrected chi connectivity index (χ3v) is 2.32. The zero-order valence-corrected chi connectivity index (χ0v) is 8.90. The first-order valence-electron chi connectivity index (χ1n) is 5.11. The Hall–Kier alpha value is -1.26. The van der Waals surface area contributed by atoms with Gasteiger partial charge in [0.2, 0.25) is 0 Å². The summed E-state index contributed by atoms with van der Waals surface area (Å²) in [6.07, 6.45) is 0.874. The van der Waals surface area contributed by atoms with Crippen LogP contribution in [0.15, 0.2) is 18.2 Å². The summed E-state index contributed by atoms with van der Waals surface area (Å²) in [4.78, 5) is 0. The Morgan fingerprint density at radius 3 is 2.47 bits per heavy atom. The van der Waals surface area contributed by atoms with Crippen molar-refractivity contribution in [2.24, 2.45) is 5.73 Å². The summed E-state index contributed by atoms with van der Waals surface area (Å²) in [5.41, 5.74) is 5.91. The fraction of sp³-hybridized carbons (Fsp3) is 0.455. The van der Waals surface area contributed by atoms with Gasteiger partial charge in [-0.1, -0.05) is 6.07 Å². The lowest BCUT2D eigenvalue weighted by Gasteiger charge is -2.16. The van der Waals surface area contributed by atoms with Crippen molar-refractivity contribution in [2.45, 2.75) is 19.4 Å². The third kappa shape index (κ3) is 3.11. The van der Waals surface area contributed by atoms with Crippen LogP contribution in [0.3, 0.4) is 0 Å². The molecule has 84 valence electrons. The highest BCUT2D eigenvalue weighted by Gasteiger charge is 2.13. The molecule has 1 unspecified atom stereocenters. The molecule has 0 radical (unpaired) electrons. The average molecular weight is 210 g/mol. The van der Waals surface area contributed by atoms with Crippen LogP contribution in [0.2, 0.25) is 0 Å². The molecule has 1 aromatic carbocycles. The molecule has 0 bridgehead atoms. The minimum absolute atomic E-state index is 0.0854. The van der Waals surface area contributed by atoms with Crippen LogP contribution in [-0.2, 0) is 0 Å². The van der Waals surface area contributed by atoms with Crippen molar-refractivity contribution < 1.29 is 10.2 Å². The van der Waals surface area contributed by atoms with Gasteiger partial charge in [0.15, 0.2) is 0 Å². The molecule has 0 saturated heterocycles. The van der Waals surface area contributed by atoms with E-state index >= 15 is 0 Å². The van der Waals surface area contributed by atoms with E-state index in [-0.39, 0.29) is 17.5 Å². The molecule has 0 fully saturated rings. The van der Waals surface area contributed by atoms with E-state index in [0.717, 1.165) is 13.0 Å². The zero-order chi connectivity index (χ0) is 11.3. The Kier molecular flexibility index (Phi) is 4.39. The second-order valence-electron chi connectivity index (χ2n) is 3.53. The minimum Gasteiger partial charge on any atom is -0.507 e. The summed E-state index contributed by atoms with van der Waals surface area (Å²) in [6, 6.07) is 4.66. The molecule has 0 aromatic heterocycles. The van der Waals surface area contributed by atoms with Gasteiger partial charge in [-0.25, -0.2) is 0 Å². The molecule has 1 rings (SSSR count). The molecule has 0 amide bonds. The summed E-state index contributed by atoms with van der Waals surface area (Å²) >= 11 is 0. The molecule has 0 heterocycles. The number of hydrogen-bond acceptors (Lipinski definition) is 4.